The van der Waals surface area contributed by atoms with Gasteiger partial charge in [0.05, 0.1) is 6.54 Å². The lowest BCUT2D eigenvalue weighted by molar-refractivity contribution is -0.130. The summed E-state index contributed by atoms with van der Waals surface area (Å²) < 4.78 is 12.0. The van der Waals surface area contributed by atoms with E-state index in [-0.39, 0.29) is 18.4 Å². The Labute approximate surface area is 165 Å². The third-order valence-corrected chi connectivity index (χ3v) is 4.29. The monoisotopic (exact) mass is 430 g/mol. The molecule has 0 aliphatic rings. The summed E-state index contributed by atoms with van der Waals surface area (Å²) in [6.45, 7) is 3.98. The van der Waals surface area contributed by atoms with Crippen molar-refractivity contribution in [1.29, 1.82) is 0 Å². The first-order chi connectivity index (χ1) is 13.0. The van der Waals surface area contributed by atoms with E-state index >= 15 is 0 Å². The molecular formula is C19H19BrN4O3. The Morgan fingerprint density at radius 3 is 2.56 bits per heavy atom. The largest absolute Gasteiger partial charge is 0.480 e. The van der Waals surface area contributed by atoms with Gasteiger partial charge in [-0.3, -0.25) is 9.78 Å². The van der Waals surface area contributed by atoms with Crippen LogP contribution < -0.4 is 10.1 Å². The molecule has 0 fully saturated rings. The Morgan fingerprint density at radius 1 is 1.19 bits per heavy atom. The number of benzene rings is 1. The molecule has 0 saturated heterocycles. The summed E-state index contributed by atoms with van der Waals surface area (Å²) >= 11 is 3.38. The van der Waals surface area contributed by atoms with E-state index in [1.54, 1.807) is 24.5 Å². The first-order valence-corrected chi connectivity index (χ1v) is 9.25. The van der Waals surface area contributed by atoms with Crippen LogP contribution in [0.2, 0.25) is 0 Å². The fourth-order valence-electron chi connectivity index (χ4n) is 2.36. The zero-order valence-corrected chi connectivity index (χ0v) is 16.5. The molecule has 3 aromatic rings. The van der Waals surface area contributed by atoms with Gasteiger partial charge in [-0.15, -0.1) is 0 Å². The molecule has 8 heteroatoms. The van der Waals surface area contributed by atoms with Crippen molar-refractivity contribution >= 4 is 21.8 Å². The topological polar surface area (TPSA) is 90.1 Å². The number of carbonyl (C=O) groups excluding carboxylic acids is 1. The second-order valence-electron chi connectivity index (χ2n) is 6.20. The van der Waals surface area contributed by atoms with E-state index in [1.165, 1.54) is 0 Å². The van der Waals surface area contributed by atoms with E-state index in [9.17, 15) is 4.79 Å². The van der Waals surface area contributed by atoms with Crippen molar-refractivity contribution in [2.75, 3.05) is 0 Å². The molecule has 1 N–H and O–H groups in total. The maximum atomic E-state index is 12.6. The molecule has 7 nitrogen and oxygen atoms in total. The molecule has 1 atom stereocenters. The van der Waals surface area contributed by atoms with E-state index in [4.69, 9.17) is 9.26 Å². The van der Waals surface area contributed by atoms with Gasteiger partial charge in [0.2, 0.25) is 11.7 Å². The fraction of sp³-hybridized carbons (Fsp3) is 0.263. The lowest BCUT2D eigenvalue weighted by Crippen LogP contribution is -2.41. The van der Waals surface area contributed by atoms with Crippen LogP contribution in [0.5, 0.6) is 5.75 Å². The lowest BCUT2D eigenvalue weighted by Gasteiger charge is -2.21. The lowest BCUT2D eigenvalue weighted by atomic mass is 10.1. The number of nitrogens with zero attached hydrogens (tertiary/aromatic N) is 3. The Morgan fingerprint density at radius 2 is 1.89 bits per heavy atom. The van der Waals surface area contributed by atoms with Crippen molar-refractivity contribution in [3.63, 3.8) is 0 Å². The molecule has 2 aromatic heterocycles. The molecule has 1 aromatic carbocycles. The highest BCUT2D eigenvalue weighted by atomic mass is 79.9. The summed E-state index contributed by atoms with van der Waals surface area (Å²) in [6, 6.07) is 10.9. The van der Waals surface area contributed by atoms with E-state index in [0.717, 1.165) is 10.0 Å². The van der Waals surface area contributed by atoms with Gasteiger partial charge in [-0.2, -0.15) is 4.98 Å². The zero-order valence-electron chi connectivity index (χ0n) is 14.9. The molecule has 1 amide bonds. The Bertz CT molecular complexity index is 881. The molecule has 0 radical (unpaired) electrons. The first kappa shape index (κ1) is 19.0. The van der Waals surface area contributed by atoms with Gasteiger partial charge in [0.1, 0.15) is 5.75 Å². The number of aromatic nitrogens is 3. The zero-order chi connectivity index (χ0) is 19.2. The average molecular weight is 431 g/mol. The molecule has 0 spiro atoms. The molecular weight excluding hydrogens is 412 g/mol. The Kier molecular flexibility index (Phi) is 6.18. The van der Waals surface area contributed by atoms with Crippen LogP contribution in [0.3, 0.4) is 0 Å². The van der Waals surface area contributed by atoms with Gasteiger partial charge in [-0.25, -0.2) is 0 Å². The van der Waals surface area contributed by atoms with Crippen LogP contribution in [0.15, 0.2) is 57.8 Å². The minimum Gasteiger partial charge on any atom is -0.480 e. The van der Waals surface area contributed by atoms with Crippen molar-refractivity contribution in [1.82, 2.24) is 20.4 Å². The first-order valence-electron chi connectivity index (χ1n) is 8.46. The number of amides is 1. The predicted octanol–water partition coefficient (Wildman–Crippen LogP) is 3.61. The molecule has 3 rings (SSSR count). The van der Waals surface area contributed by atoms with Crippen LogP contribution in [0.4, 0.5) is 0 Å². The average Bonchev–Trinajstić information content (AvgIpc) is 3.15. The summed E-state index contributed by atoms with van der Waals surface area (Å²) in [4.78, 5) is 20.8. The molecule has 1 unspecified atom stereocenters. The molecule has 0 aliphatic carbocycles. The van der Waals surface area contributed by atoms with Gasteiger partial charge in [0.15, 0.2) is 6.10 Å². The van der Waals surface area contributed by atoms with Crippen molar-refractivity contribution in [3.8, 4) is 17.1 Å². The summed E-state index contributed by atoms with van der Waals surface area (Å²) in [5, 5.41) is 6.71. The van der Waals surface area contributed by atoms with Gasteiger partial charge in [-0.05, 0) is 42.3 Å². The number of rotatable bonds is 7. The second kappa shape index (κ2) is 8.77. The molecule has 27 heavy (non-hydrogen) atoms. The number of pyridine rings is 1. The SMILES string of the molecule is CC(C)C(Oc1ccc(Br)cc1)C(=O)NCc1nc(-c2ccncc2)no1. The van der Waals surface area contributed by atoms with Crippen LogP contribution in [0.25, 0.3) is 11.4 Å². The molecule has 2 heterocycles. The molecule has 0 aliphatic heterocycles. The minimum atomic E-state index is -0.631. The number of hydrogen-bond acceptors (Lipinski definition) is 6. The summed E-state index contributed by atoms with van der Waals surface area (Å²) in [7, 11) is 0. The minimum absolute atomic E-state index is 0.0105. The fourth-order valence-corrected chi connectivity index (χ4v) is 2.62. The Hall–Kier alpha value is -2.74. The highest BCUT2D eigenvalue weighted by Crippen LogP contribution is 2.20. The third-order valence-electron chi connectivity index (χ3n) is 3.76. The van der Waals surface area contributed by atoms with Crippen LogP contribution in [-0.4, -0.2) is 27.1 Å². The van der Waals surface area contributed by atoms with Crippen LogP contribution in [0, 0.1) is 5.92 Å². The highest BCUT2D eigenvalue weighted by Gasteiger charge is 2.24. The highest BCUT2D eigenvalue weighted by molar-refractivity contribution is 9.10. The third kappa shape index (κ3) is 5.13. The van der Waals surface area contributed by atoms with E-state index < -0.39 is 6.10 Å². The van der Waals surface area contributed by atoms with Gasteiger partial charge >= 0.3 is 0 Å². The predicted molar refractivity (Wildman–Crippen MR) is 103 cm³/mol. The number of nitrogens with one attached hydrogen (secondary N) is 1. The van der Waals surface area contributed by atoms with Gasteiger partial charge < -0.3 is 14.6 Å². The van der Waals surface area contributed by atoms with Crippen molar-refractivity contribution in [2.24, 2.45) is 5.92 Å². The Balaban J connectivity index is 1.61. The van der Waals surface area contributed by atoms with Crippen molar-refractivity contribution in [2.45, 2.75) is 26.5 Å². The van der Waals surface area contributed by atoms with Crippen molar-refractivity contribution < 1.29 is 14.1 Å². The summed E-state index contributed by atoms with van der Waals surface area (Å²) in [5.74, 6) is 1.15. The maximum Gasteiger partial charge on any atom is 0.261 e. The summed E-state index contributed by atoms with van der Waals surface area (Å²) in [6.07, 6.45) is 2.67. The van der Waals surface area contributed by atoms with Gasteiger partial charge in [0.25, 0.3) is 5.91 Å². The standard InChI is InChI=1S/C19H19BrN4O3/c1-12(2)17(26-15-5-3-14(20)4-6-15)19(25)22-11-16-23-18(24-27-16)13-7-9-21-10-8-13/h3-10,12,17H,11H2,1-2H3,(H,22,25). The van der Waals surface area contributed by atoms with E-state index in [2.05, 4.69) is 36.4 Å². The van der Waals surface area contributed by atoms with E-state index in [0.29, 0.717) is 17.5 Å². The normalized spacial score (nSPS) is 12.0. The van der Waals surface area contributed by atoms with Gasteiger partial charge in [-0.1, -0.05) is 34.9 Å². The van der Waals surface area contributed by atoms with E-state index in [1.807, 2.05) is 38.1 Å². The molecule has 0 bridgehead atoms. The molecule has 0 saturated carbocycles. The quantitative estimate of drug-likeness (QED) is 0.615. The van der Waals surface area contributed by atoms with Gasteiger partial charge in [0, 0.05) is 22.4 Å². The van der Waals surface area contributed by atoms with Crippen LogP contribution >= 0.6 is 15.9 Å². The number of carbonyl (C=O) groups is 1. The maximum absolute atomic E-state index is 12.6. The number of halogens is 1. The number of hydrogen-bond donors (Lipinski definition) is 1. The van der Waals surface area contributed by atoms with Crippen LogP contribution in [-0.2, 0) is 11.3 Å². The second-order valence-corrected chi connectivity index (χ2v) is 7.12. The smallest absolute Gasteiger partial charge is 0.261 e. The summed E-state index contributed by atoms with van der Waals surface area (Å²) in [5.41, 5.74) is 0.796. The van der Waals surface area contributed by atoms with Crippen LogP contribution in [0.1, 0.15) is 19.7 Å². The number of ether oxygens (including phenoxy) is 1. The molecule has 140 valence electrons. The van der Waals surface area contributed by atoms with Crippen molar-refractivity contribution in [3.05, 3.63) is 59.2 Å².